The van der Waals surface area contributed by atoms with E-state index in [0.717, 1.165) is 16.9 Å². The van der Waals surface area contributed by atoms with Crippen LogP contribution >= 0.6 is 0 Å². The van der Waals surface area contributed by atoms with Crippen molar-refractivity contribution in [2.24, 2.45) is 0 Å². The molecular formula is C21H22FNO4. The smallest absolute Gasteiger partial charge is 0.331 e. The molecule has 2 aromatic carbocycles. The van der Waals surface area contributed by atoms with Gasteiger partial charge in [-0.1, -0.05) is 24.3 Å². The second kappa shape index (κ2) is 10.1. The third-order valence-electron chi connectivity index (χ3n) is 3.65. The number of amides is 1. The molecule has 0 bridgehead atoms. The molecular weight excluding hydrogens is 349 g/mol. The van der Waals surface area contributed by atoms with Crippen LogP contribution < -0.4 is 10.1 Å². The fourth-order valence-electron chi connectivity index (χ4n) is 2.21. The highest BCUT2D eigenvalue weighted by Gasteiger charge is 2.16. The fourth-order valence-corrected chi connectivity index (χ4v) is 2.21. The fraction of sp³-hybridized carbons (Fsp3) is 0.238. The summed E-state index contributed by atoms with van der Waals surface area (Å²) < 4.78 is 23.3. The molecule has 0 spiro atoms. The van der Waals surface area contributed by atoms with Crippen molar-refractivity contribution in [2.75, 3.05) is 6.61 Å². The van der Waals surface area contributed by atoms with Crippen LogP contribution in [0, 0.1) is 5.82 Å². The molecule has 0 saturated heterocycles. The number of halogens is 1. The van der Waals surface area contributed by atoms with Crippen LogP contribution in [0.4, 0.5) is 4.39 Å². The standard InChI is InChI=1S/C21H22FNO4/c1-3-26-19-11-6-16(7-12-19)8-13-20(24)27-15(2)21(25)23-14-17-4-9-18(22)10-5-17/h4-13,15H,3,14H2,1-2H3,(H,23,25)/b13-8+/t15-/m1/s1. The van der Waals surface area contributed by atoms with Gasteiger partial charge in [0.05, 0.1) is 6.61 Å². The summed E-state index contributed by atoms with van der Waals surface area (Å²) in [6, 6.07) is 13.0. The van der Waals surface area contributed by atoms with E-state index in [1.165, 1.54) is 25.1 Å². The summed E-state index contributed by atoms with van der Waals surface area (Å²) in [6.45, 7) is 4.20. The number of ether oxygens (including phenoxy) is 2. The average Bonchev–Trinajstić information content (AvgIpc) is 2.67. The molecule has 0 fully saturated rings. The minimum absolute atomic E-state index is 0.225. The summed E-state index contributed by atoms with van der Waals surface area (Å²) in [6.07, 6.45) is 1.92. The Morgan fingerprint density at radius 2 is 1.78 bits per heavy atom. The number of benzene rings is 2. The maximum absolute atomic E-state index is 12.8. The number of rotatable bonds is 8. The summed E-state index contributed by atoms with van der Waals surface area (Å²) in [4.78, 5) is 23.8. The monoisotopic (exact) mass is 371 g/mol. The SMILES string of the molecule is CCOc1ccc(/C=C/C(=O)O[C@H](C)C(=O)NCc2ccc(F)cc2)cc1. The van der Waals surface area contributed by atoms with Crippen molar-refractivity contribution in [2.45, 2.75) is 26.5 Å². The van der Waals surface area contributed by atoms with Gasteiger partial charge in [-0.15, -0.1) is 0 Å². The lowest BCUT2D eigenvalue weighted by Crippen LogP contribution is -2.35. The van der Waals surface area contributed by atoms with Gasteiger partial charge in [0.15, 0.2) is 6.10 Å². The molecule has 1 atom stereocenters. The van der Waals surface area contributed by atoms with Gasteiger partial charge in [-0.2, -0.15) is 0 Å². The second-order valence-corrected chi connectivity index (χ2v) is 5.76. The lowest BCUT2D eigenvalue weighted by atomic mass is 10.2. The zero-order valence-electron chi connectivity index (χ0n) is 15.3. The number of hydrogen-bond acceptors (Lipinski definition) is 4. The van der Waals surface area contributed by atoms with Crippen molar-refractivity contribution in [1.82, 2.24) is 5.32 Å². The van der Waals surface area contributed by atoms with E-state index in [1.54, 1.807) is 30.3 Å². The first kappa shape index (κ1) is 20.2. The second-order valence-electron chi connectivity index (χ2n) is 5.76. The van der Waals surface area contributed by atoms with E-state index in [-0.39, 0.29) is 12.4 Å². The molecule has 5 nitrogen and oxygen atoms in total. The number of esters is 1. The van der Waals surface area contributed by atoms with Gasteiger partial charge in [0.1, 0.15) is 11.6 Å². The Bertz CT molecular complexity index is 785. The molecule has 142 valence electrons. The Hall–Kier alpha value is -3.15. The van der Waals surface area contributed by atoms with E-state index >= 15 is 0 Å². The number of hydrogen-bond donors (Lipinski definition) is 1. The zero-order chi connectivity index (χ0) is 19.6. The van der Waals surface area contributed by atoms with Gasteiger partial charge in [0, 0.05) is 12.6 Å². The Morgan fingerprint density at radius 3 is 2.41 bits per heavy atom. The van der Waals surface area contributed by atoms with Crippen LogP contribution in [-0.4, -0.2) is 24.6 Å². The highest BCUT2D eigenvalue weighted by molar-refractivity contribution is 5.90. The van der Waals surface area contributed by atoms with Gasteiger partial charge < -0.3 is 14.8 Å². The molecule has 2 aromatic rings. The van der Waals surface area contributed by atoms with Gasteiger partial charge >= 0.3 is 5.97 Å². The highest BCUT2D eigenvalue weighted by atomic mass is 19.1. The molecule has 6 heteroatoms. The maximum Gasteiger partial charge on any atom is 0.331 e. The van der Waals surface area contributed by atoms with Crippen molar-refractivity contribution < 1.29 is 23.5 Å². The van der Waals surface area contributed by atoms with Crippen LogP contribution in [0.25, 0.3) is 6.08 Å². The molecule has 0 aliphatic heterocycles. The summed E-state index contributed by atoms with van der Waals surface area (Å²) in [5, 5.41) is 2.64. The maximum atomic E-state index is 12.8. The predicted octanol–water partition coefficient (Wildman–Crippen LogP) is 3.49. The number of carbonyl (C=O) groups is 2. The quantitative estimate of drug-likeness (QED) is 0.570. The van der Waals surface area contributed by atoms with Gasteiger partial charge in [0.2, 0.25) is 0 Å². The van der Waals surface area contributed by atoms with Gasteiger partial charge in [-0.05, 0) is 55.3 Å². The lowest BCUT2D eigenvalue weighted by molar-refractivity contribution is -0.150. The van der Waals surface area contributed by atoms with E-state index in [4.69, 9.17) is 9.47 Å². The summed E-state index contributed by atoms with van der Waals surface area (Å²) >= 11 is 0. The van der Waals surface area contributed by atoms with Crippen LogP contribution in [0.15, 0.2) is 54.6 Å². The zero-order valence-corrected chi connectivity index (χ0v) is 15.3. The molecule has 0 aliphatic rings. The largest absolute Gasteiger partial charge is 0.494 e. The van der Waals surface area contributed by atoms with E-state index in [1.807, 2.05) is 19.1 Å². The van der Waals surface area contributed by atoms with E-state index in [2.05, 4.69) is 5.32 Å². The Kier molecular flexibility index (Phi) is 7.55. The first-order chi connectivity index (χ1) is 13.0. The Morgan fingerprint density at radius 1 is 1.11 bits per heavy atom. The number of carbonyl (C=O) groups excluding carboxylic acids is 2. The Labute approximate surface area is 157 Å². The molecule has 0 unspecified atom stereocenters. The van der Waals surface area contributed by atoms with Crippen molar-refractivity contribution in [3.63, 3.8) is 0 Å². The van der Waals surface area contributed by atoms with Crippen LogP contribution in [0.3, 0.4) is 0 Å². The van der Waals surface area contributed by atoms with Crippen molar-refractivity contribution in [1.29, 1.82) is 0 Å². The average molecular weight is 371 g/mol. The molecule has 2 rings (SSSR count). The van der Waals surface area contributed by atoms with Crippen LogP contribution in [0.5, 0.6) is 5.75 Å². The summed E-state index contributed by atoms with van der Waals surface area (Å²) in [5.74, 6) is -0.633. The highest BCUT2D eigenvalue weighted by Crippen LogP contribution is 2.13. The molecule has 1 N–H and O–H groups in total. The molecule has 0 radical (unpaired) electrons. The summed E-state index contributed by atoms with van der Waals surface area (Å²) in [5.41, 5.74) is 1.56. The van der Waals surface area contributed by atoms with Gasteiger partial charge in [0.25, 0.3) is 5.91 Å². The lowest BCUT2D eigenvalue weighted by Gasteiger charge is -2.12. The van der Waals surface area contributed by atoms with Crippen LogP contribution in [-0.2, 0) is 20.9 Å². The van der Waals surface area contributed by atoms with E-state index in [9.17, 15) is 14.0 Å². The molecule has 0 heterocycles. The summed E-state index contributed by atoms with van der Waals surface area (Å²) in [7, 11) is 0. The third kappa shape index (κ3) is 6.93. The van der Waals surface area contributed by atoms with Crippen LogP contribution in [0.1, 0.15) is 25.0 Å². The van der Waals surface area contributed by atoms with Gasteiger partial charge in [-0.25, -0.2) is 9.18 Å². The van der Waals surface area contributed by atoms with Crippen molar-refractivity contribution >= 4 is 18.0 Å². The molecule has 0 aliphatic carbocycles. The normalized spacial score (nSPS) is 11.8. The molecule has 0 aromatic heterocycles. The predicted molar refractivity (Wildman–Crippen MR) is 100 cm³/mol. The van der Waals surface area contributed by atoms with E-state index < -0.39 is 18.0 Å². The first-order valence-corrected chi connectivity index (χ1v) is 8.61. The minimum atomic E-state index is -0.942. The van der Waals surface area contributed by atoms with Crippen molar-refractivity contribution in [3.8, 4) is 5.75 Å². The third-order valence-corrected chi connectivity index (χ3v) is 3.65. The minimum Gasteiger partial charge on any atom is -0.494 e. The van der Waals surface area contributed by atoms with Crippen LogP contribution in [0.2, 0.25) is 0 Å². The van der Waals surface area contributed by atoms with Gasteiger partial charge in [-0.3, -0.25) is 4.79 Å². The molecule has 0 saturated carbocycles. The first-order valence-electron chi connectivity index (χ1n) is 8.61. The molecule has 1 amide bonds. The number of nitrogens with one attached hydrogen (secondary N) is 1. The van der Waals surface area contributed by atoms with Crippen molar-refractivity contribution in [3.05, 3.63) is 71.6 Å². The van der Waals surface area contributed by atoms with E-state index in [0.29, 0.717) is 6.61 Å². The molecule has 27 heavy (non-hydrogen) atoms. The Balaban J connectivity index is 1.79. The topological polar surface area (TPSA) is 64.6 Å².